The summed E-state index contributed by atoms with van der Waals surface area (Å²) in [7, 11) is 0. The minimum Gasteiger partial charge on any atom is -0.508 e. The molecule has 0 unspecified atom stereocenters. The van der Waals surface area contributed by atoms with E-state index in [0.717, 1.165) is 25.4 Å². The Bertz CT molecular complexity index is 1360. The normalized spacial score (nSPS) is 14.2. The minimum atomic E-state index is -0.651. The van der Waals surface area contributed by atoms with Crippen LogP contribution in [0.15, 0.2) is 75.9 Å². The predicted octanol–water partition coefficient (Wildman–Crippen LogP) is 5.96. The first-order chi connectivity index (χ1) is 17.1. The first-order valence-electron chi connectivity index (χ1n) is 11.8. The number of rotatable bonds is 7. The Hall–Kier alpha value is -3.84. The standard InChI is InChI=1S/C28H26FNO5/c29-20-6-4-19(5-7-20)26-27(24-13-8-21(31)18-25(24)35-28(26)32)34-23-11-9-22(10-12-23)33-17-16-30-14-2-1-3-15-30/h4-13,18,31H,1-3,14-17H2. The van der Waals surface area contributed by atoms with Crippen molar-refractivity contribution in [2.75, 3.05) is 26.2 Å². The number of hydrogen-bond acceptors (Lipinski definition) is 6. The van der Waals surface area contributed by atoms with Crippen LogP contribution in [0.4, 0.5) is 4.39 Å². The molecule has 4 aromatic rings. The summed E-state index contributed by atoms with van der Waals surface area (Å²) < 4.78 is 31.0. The van der Waals surface area contributed by atoms with Crippen molar-refractivity contribution >= 4 is 11.0 Å². The van der Waals surface area contributed by atoms with Crippen molar-refractivity contribution in [3.63, 3.8) is 0 Å². The highest BCUT2D eigenvalue weighted by Gasteiger charge is 2.19. The average Bonchev–Trinajstić information content (AvgIpc) is 2.86. The van der Waals surface area contributed by atoms with Crippen LogP contribution in [0.1, 0.15) is 19.3 Å². The highest BCUT2D eigenvalue weighted by Crippen LogP contribution is 2.38. The van der Waals surface area contributed by atoms with Gasteiger partial charge in [-0.1, -0.05) is 18.6 Å². The number of benzene rings is 3. The third kappa shape index (κ3) is 5.30. The maximum Gasteiger partial charge on any atom is 0.348 e. The lowest BCUT2D eigenvalue weighted by atomic mass is 10.0. The zero-order valence-electron chi connectivity index (χ0n) is 19.2. The van der Waals surface area contributed by atoms with Gasteiger partial charge >= 0.3 is 5.63 Å². The number of ether oxygens (including phenoxy) is 2. The molecule has 2 heterocycles. The second-order valence-electron chi connectivity index (χ2n) is 8.61. The highest BCUT2D eigenvalue weighted by molar-refractivity contribution is 5.91. The smallest absolute Gasteiger partial charge is 0.348 e. The van der Waals surface area contributed by atoms with E-state index in [2.05, 4.69) is 4.90 Å². The number of aromatic hydroxyl groups is 1. The van der Waals surface area contributed by atoms with Gasteiger partial charge in [-0.05, 0) is 80.0 Å². The number of phenols is 1. The maximum atomic E-state index is 13.5. The lowest BCUT2D eigenvalue weighted by Gasteiger charge is -2.26. The monoisotopic (exact) mass is 475 g/mol. The molecule has 3 aromatic carbocycles. The van der Waals surface area contributed by atoms with E-state index in [1.165, 1.54) is 55.7 Å². The first kappa shape index (κ1) is 22.9. The van der Waals surface area contributed by atoms with Gasteiger partial charge < -0.3 is 19.0 Å². The molecule has 7 heteroatoms. The molecule has 0 radical (unpaired) electrons. The molecular formula is C28H26FNO5. The van der Waals surface area contributed by atoms with Crippen LogP contribution in [0, 0.1) is 5.82 Å². The molecule has 0 atom stereocenters. The number of halogens is 1. The van der Waals surface area contributed by atoms with E-state index in [0.29, 0.717) is 23.3 Å². The van der Waals surface area contributed by atoms with Crippen molar-refractivity contribution in [3.8, 4) is 34.1 Å². The van der Waals surface area contributed by atoms with E-state index in [1.807, 2.05) is 12.1 Å². The quantitative estimate of drug-likeness (QED) is 0.333. The Morgan fingerprint density at radius 1 is 0.914 bits per heavy atom. The van der Waals surface area contributed by atoms with E-state index in [9.17, 15) is 14.3 Å². The summed E-state index contributed by atoms with van der Waals surface area (Å²) in [6, 6.07) is 17.2. The van der Waals surface area contributed by atoms with Gasteiger partial charge in [-0.2, -0.15) is 0 Å². The van der Waals surface area contributed by atoms with Gasteiger partial charge in [0.05, 0.1) is 5.39 Å². The van der Waals surface area contributed by atoms with Crippen molar-refractivity contribution in [2.24, 2.45) is 0 Å². The van der Waals surface area contributed by atoms with E-state index >= 15 is 0 Å². The number of fused-ring (bicyclic) bond motifs is 1. The zero-order valence-corrected chi connectivity index (χ0v) is 19.2. The van der Waals surface area contributed by atoms with E-state index in [-0.39, 0.29) is 22.6 Å². The summed E-state index contributed by atoms with van der Waals surface area (Å²) in [6.45, 7) is 3.77. The molecule has 0 amide bonds. The Kier molecular flexibility index (Phi) is 6.68. The molecule has 180 valence electrons. The van der Waals surface area contributed by atoms with Gasteiger partial charge in [0, 0.05) is 12.6 Å². The van der Waals surface area contributed by atoms with E-state index < -0.39 is 11.4 Å². The van der Waals surface area contributed by atoms with Gasteiger partial charge in [-0.3, -0.25) is 4.90 Å². The molecule has 0 aliphatic carbocycles. The molecule has 1 N–H and O–H groups in total. The van der Waals surface area contributed by atoms with Crippen LogP contribution in [-0.2, 0) is 0 Å². The molecule has 0 bridgehead atoms. The van der Waals surface area contributed by atoms with Crippen LogP contribution < -0.4 is 15.1 Å². The van der Waals surface area contributed by atoms with Crippen LogP contribution in [0.5, 0.6) is 23.0 Å². The first-order valence-corrected chi connectivity index (χ1v) is 11.8. The van der Waals surface area contributed by atoms with Crippen LogP contribution >= 0.6 is 0 Å². The molecule has 1 aliphatic rings. The van der Waals surface area contributed by atoms with Crippen molar-refractivity contribution in [2.45, 2.75) is 19.3 Å². The van der Waals surface area contributed by atoms with E-state index in [4.69, 9.17) is 13.9 Å². The minimum absolute atomic E-state index is 0.0350. The number of likely N-dealkylation sites (tertiary alicyclic amines) is 1. The summed E-state index contributed by atoms with van der Waals surface area (Å²) in [6.07, 6.45) is 3.80. The molecule has 1 fully saturated rings. The molecule has 0 spiro atoms. The van der Waals surface area contributed by atoms with Crippen LogP contribution in [-0.4, -0.2) is 36.2 Å². The summed E-state index contributed by atoms with van der Waals surface area (Å²) in [4.78, 5) is 15.3. The lowest BCUT2D eigenvalue weighted by Crippen LogP contribution is -2.33. The summed E-state index contributed by atoms with van der Waals surface area (Å²) in [5, 5.41) is 10.3. The third-order valence-electron chi connectivity index (χ3n) is 6.15. The fourth-order valence-electron chi connectivity index (χ4n) is 4.33. The molecule has 35 heavy (non-hydrogen) atoms. The fourth-order valence-corrected chi connectivity index (χ4v) is 4.33. The topological polar surface area (TPSA) is 72.1 Å². The van der Waals surface area contributed by atoms with Gasteiger partial charge in [0.1, 0.15) is 40.8 Å². The number of phenolic OH excluding ortho intramolecular Hbond substituents is 1. The van der Waals surface area contributed by atoms with Crippen LogP contribution in [0.2, 0.25) is 0 Å². The SMILES string of the molecule is O=c1oc2cc(O)ccc2c(Oc2ccc(OCCN3CCCCC3)cc2)c1-c1ccc(F)cc1. The van der Waals surface area contributed by atoms with Crippen LogP contribution in [0.25, 0.3) is 22.1 Å². The van der Waals surface area contributed by atoms with Crippen LogP contribution in [0.3, 0.4) is 0 Å². The summed E-state index contributed by atoms with van der Waals surface area (Å²) in [5.41, 5.74) is 0.170. The molecular weight excluding hydrogens is 449 g/mol. The molecule has 5 rings (SSSR count). The summed E-state index contributed by atoms with van der Waals surface area (Å²) in [5.74, 6) is 1.04. The number of piperidine rings is 1. The Labute approximate surface area is 202 Å². The lowest BCUT2D eigenvalue weighted by molar-refractivity contribution is 0.183. The van der Waals surface area contributed by atoms with Gasteiger partial charge in [-0.15, -0.1) is 0 Å². The molecule has 1 aromatic heterocycles. The second kappa shape index (κ2) is 10.2. The third-order valence-corrected chi connectivity index (χ3v) is 6.15. The van der Waals surface area contributed by atoms with Gasteiger partial charge in [0.2, 0.25) is 0 Å². The largest absolute Gasteiger partial charge is 0.508 e. The average molecular weight is 476 g/mol. The molecule has 1 saturated heterocycles. The molecule has 0 saturated carbocycles. The Morgan fingerprint density at radius 3 is 2.37 bits per heavy atom. The second-order valence-corrected chi connectivity index (χ2v) is 8.61. The zero-order chi connectivity index (χ0) is 24.2. The predicted molar refractivity (Wildman–Crippen MR) is 132 cm³/mol. The fraction of sp³-hybridized carbons (Fsp3) is 0.250. The van der Waals surface area contributed by atoms with Crippen molar-refractivity contribution in [1.82, 2.24) is 4.90 Å². The highest BCUT2D eigenvalue weighted by atomic mass is 19.1. The molecule has 1 aliphatic heterocycles. The van der Waals surface area contributed by atoms with Crippen molar-refractivity contribution in [3.05, 3.63) is 83.0 Å². The number of nitrogens with zero attached hydrogens (tertiary/aromatic N) is 1. The van der Waals surface area contributed by atoms with Gasteiger partial charge in [0.15, 0.2) is 5.75 Å². The van der Waals surface area contributed by atoms with Crippen molar-refractivity contribution < 1.29 is 23.4 Å². The van der Waals surface area contributed by atoms with Crippen molar-refractivity contribution in [1.29, 1.82) is 0 Å². The maximum absolute atomic E-state index is 13.5. The van der Waals surface area contributed by atoms with E-state index in [1.54, 1.807) is 18.2 Å². The molecule has 6 nitrogen and oxygen atoms in total. The van der Waals surface area contributed by atoms with Gasteiger partial charge in [-0.25, -0.2) is 9.18 Å². The van der Waals surface area contributed by atoms with Gasteiger partial charge in [0.25, 0.3) is 0 Å². The Balaban J connectivity index is 1.41. The Morgan fingerprint density at radius 2 is 1.63 bits per heavy atom. The number of hydrogen-bond donors (Lipinski definition) is 1. The summed E-state index contributed by atoms with van der Waals surface area (Å²) >= 11 is 0.